The first-order chi connectivity index (χ1) is 3.77. The minimum absolute atomic E-state index is 0.457. The van der Waals surface area contributed by atoms with E-state index in [1.165, 1.54) is 0 Å². The van der Waals surface area contributed by atoms with Crippen LogP contribution in [0, 0.1) is 6.92 Å². The van der Waals surface area contributed by atoms with E-state index in [-0.39, 0.29) is 0 Å². The molecule has 0 fully saturated rings. The summed E-state index contributed by atoms with van der Waals surface area (Å²) in [4.78, 5) is 0. The first kappa shape index (κ1) is 7.92. The van der Waals surface area contributed by atoms with Gasteiger partial charge in [-0.3, -0.25) is 0 Å². The number of aliphatic hydroxyl groups is 1. The lowest BCUT2D eigenvalue weighted by Crippen LogP contribution is -2.24. The normalized spacial score (nSPS) is 13.9. The van der Waals surface area contributed by atoms with E-state index in [2.05, 4.69) is 19.2 Å². The van der Waals surface area contributed by atoms with Crippen molar-refractivity contribution >= 4 is 0 Å². The second-order valence-electron chi connectivity index (χ2n) is 1.86. The Bertz CT molecular complexity index is 45.8. The molecule has 2 N–H and O–H groups in total. The number of nitrogens with one attached hydrogen (secondary N) is 1. The zero-order valence-electron chi connectivity index (χ0n) is 5.35. The van der Waals surface area contributed by atoms with Gasteiger partial charge >= 0.3 is 0 Å². The standard InChI is InChI=1S/C6H14NO/c1-3-4-7-5-6(2)8/h6-8H,2-5H2,1H3. The van der Waals surface area contributed by atoms with Gasteiger partial charge in [0.05, 0.1) is 6.10 Å². The van der Waals surface area contributed by atoms with E-state index in [0.717, 1.165) is 13.0 Å². The number of rotatable bonds is 4. The summed E-state index contributed by atoms with van der Waals surface area (Å²) >= 11 is 0. The molecule has 0 aliphatic heterocycles. The molecule has 0 amide bonds. The molecule has 0 aromatic heterocycles. The van der Waals surface area contributed by atoms with Crippen LogP contribution in [0.4, 0.5) is 0 Å². The van der Waals surface area contributed by atoms with Gasteiger partial charge in [-0.2, -0.15) is 0 Å². The molecule has 1 unspecified atom stereocenters. The van der Waals surface area contributed by atoms with Crippen LogP contribution in [0.25, 0.3) is 0 Å². The highest BCUT2D eigenvalue weighted by atomic mass is 16.3. The van der Waals surface area contributed by atoms with E-state index in [1.807, 2.05) is 0 Å². The van der Waals surface area contributed by atoms with Gasteiger partial charge in [-0.15, -0.1) is 0 Å². The monoisotopic (exact) mass is 116 g/mol. The predicted octanol–water partition coefficient (Wildman–Crippen LogP) is 0.181. The molecule has 49 valence electrons. The van der Waals surface area contributed by atoms with Gasteiger partial charge in [0.2, 0.25) is 0 Å². The molecule has 1 atom stereocenters. The van der Waals surface area contributed by atoms with Crippen molar-refractivity contribution in [1.82, 2.24) is 5.32 Å². The maximum absolute atomic E-state index is 8.61. The summed E-state index contributed by atoms with van der Waals surface area (Å²) in [7, 11) is 0. The summed E-state index contributed by atoms with van der Waals surface area (Å²) < 4.78 is 0. The highest BCUT2D eigenvalue weighted by Crippen LogP contribution is 1.74. The van der Waals surface area contributed by atoms with Crippen molar-refractivity contribution in [2.45, 2.75) is 19.4 Å². The smallest absolute Gasteiger partial charge is 0.0665 e. The van der Waals surface area contributed by atoms with Crippen LogP contribution in [-0.2, 0) is 0 Å². The third kappa shape index (κ3) is 5.92. The third-order valence-electron chi connectivity index (χ3n) is 0.807. The van der Waals surface area contributed by atoms with Gasteiger partial charge in [0, 0.05) is 6.54 Å². The van der Waals surface area contributed by atoms with Gasteiger partial charge < -0.3 is 10.4 Å². The lowest BCUT2D eigenvalue weighted by Gasteiger charge is -2.03. The van der Waals surface area contributed by atoms with Gasteiger partial charge in [0.15, 0.2) is 0 Å². The SMILES string of the molecule is [CH2]C(O)CNCCC. The molecule has 0 saturated carbocycles. The van der Waals surface area contributed by atoms with E-state index in [4.69, 9.17) is 5.11 Å². The topological polar surface area (TPSA) is 32.3 Å². The van der Waals surface area contributed by atoms with Crippen molar-refractivity contribution < 1.29 is 5.11 Å². The molecule has 0 rings (SSSR count). The molecule has 0 heterocycles. The molecule has 0 aromatic carbocycles. The van der Waals surface area contributed by atoms with Gasteiger partial charge in [-0.1, -0.05) is 6.92 Å². The third-order valence-corrected chi connectivity index (χ3v) is 0.807. The van der Waals surface area contributed by atoms with Crippen molar-refractivity contribution in [3.63, 3.8) is 0 Å². The minimum Gasteiger partial charge on any atom is -0.392 e. The average Bonchev–Trinajstić information content (AvgIpc) is 1.66. The van der Waals surface area contributed by atoms with Gasteiger partial charge in [0.25, 0.3) is 0 Å². The molecule has 0 aliphatic rings. The van der Waals surface area contributed by atoms with Crippen molar-refractivity contribution in [3.8, 4) is 0 Å². The summed E-state index contributed by atoms with van der Waals surface area (Å²) in [5.74, 6) is 0. The van der Waals surface area contributed by atoms with Crippen LogP contribution in [0.15, 0.2) is 0 Å². The molecule has 0 spiro atoms. The fourth-order valence-corrected chi connectivity index (χ4v) is 0.445. The number of aliphatic hydroxyl groups excluding tert-OH is 1. The lowest BCUT2D eigenvalue weighted by molar-refractivity contribution is 0.216. The highest BCUT2D eigenvalue weighted by Gasteiger charge is 1.90. The van der Waals surface area contributed by atoms with Crippen LogP contribution in [-0.4, -0.2) is 24.3 Å². The number of hydrogen-bond acceptors (Lipinski definition) is 2. The van der Waals surface area contributed by atoms with Crippen LogP contribution in [0.3, 0.4) is 0 Å². The Kier molecular flexibility index (Phi) is 5.01. The van der Waals surface area contributed by atoms with E-state index in [1.54, 1.807) is 0 Å². The van der Waals surface area contributed by atoms with Gasteiger partial charge in [0.1, 0.15) is 0 Å². The Morgan fingerprint density at radius 1 is 1.75 bits per heavy atom. The van der Waals surface area contributed by atoms with Crippen molar-refractivity contribution in [2.75, 3.05) is 13.1 Å². The first-order valence-corrected chi connectivity index (χ1v) is 2.99. The highest BCUT2D eigenvalue weighted by molar-refractivity contribution is 4.58. The van der Waals surface area contributed by atoms with Crippen molar-refractivity contribution in [1.29, 1.82) is 0 Å². The fraction of sp³-hybridized carbons (Fsp3) is 0.833. The van der Waals surface area contributed by atoms with Crippen molar-refractivity contribution in [3.05, 3.63) is 6.92 Å². The summed E-state index contributed by atoms with van der Waals surface area (Å²) in [6, 6.07) is 0. The summed E-state index contributed by atoms with van der Waals surface area (Å²) in [5.41, 5.74) is 0. The molecular formula is C6H14NO. The second kappa shape index (κ2) is 5.06. The second-order valence-corrected chi connectivity index (χ2v) is 1.86. The van der Waals surface area contributed by atoms with Gasteiger partial charge in [-0.25, -0.2) is 0 Å². The summed E-state index contributed by atoms with van der Waals surface area (Å²) in [5, 5.41) is 11.6. The fourth-order valence-electron chi connectivity index (χ4n) is 0.445. The number of hydrogen-bond donors (Lipinski definition) is 2. The molecule has 2 nitrogen and oxygen atoms in total. The van der Waals surface area contributed by atoms with Crippen LogP contribution < -0.4 is 5.32 Å². The summed E-state index contributed by atoms with van der Waals surface area (Å²) in [6.45, 7) is 7.06. The zero-order valence-corrected chi connectivity index (χ0v) is 5.35. The Morgan fingerprint density at radius 3 is 2.75 bits per heavy atom. The molecular weight excluding hydrogens is 102 g/mol. The Balaban J connectivity index is 2.72. The van der Waals surface area contributed by atoms with E-state index < -0.39 is 6.10 Å². The van der Waals surface area contributed by atoms with Crippen LogP contribution in [0.5, 0.6) is 0 Å². The summed E-state index contributed by atoms with van der Waals surface area (Å²) in [6.07, 6.45) is 0.647. The quantitative estimate of drug-likeness (QED) is 0.513. The molecule has 8 heavy (non-hydrogen) atoms. The van der Waals surface area contributed by atoms with Crippen LogP contribution in [0.1, 0.15) is 13.3 Å². The molecule has 0 aromatic rings. The van der Waals surface area contributed by atoms with Crippen molar-refractivity contribution in [2.24, 2.45) is 0 Å². The van der Waals surface area contributed by atoms with E-state index in [0.29, 0.717) is 6.54 Å². The Morgan fingerprint density at radius 2 is 2.38 bits per heavy atom. The first-order valence-electron chi connectivity index (χ1n) is 2.99. The minimum atomic E-state index is -0.457. The van der Waals surface area contributed by atoms with Gasteiger partial charge in [-0.05, 0) is 19.9 Å². The maximum Gasteiger partial charge on any atom is 0.0665 e. The van der Waals surface area contributed by atoms with Crippen LogP contribution in [0.2, 0.25) is 0 Å². The van der Waals surface area contributed by atoms with E-state index >= 15 is 0 Å². The Labute approximate surface area is 50.9 Å². The average molecular weight is 116 g/mol. The molecule has 2 heteroatoms. The molecule has 0 saturated heterocycles. The molecule has 1 radical (unpaired) electrons. The largest absolute Gasteiger partial charge is 0.392 e. The zero-order chi connectivity index (χ0) is 6.41. The molecule has 0 aliphatic carbocycles. The maximum atomic E-state index is 8.61. The van der Waals surface area contributed by atoms with E-state index in [9.17, 15) is 0 Å². The Hall–Kier alpha value is -0.0800. The van der Waals surface area contributed by atoms with Crippen LogP contribution >= 0.6 is 0 Å². The predicted molar refractivity (Wildman–Crippen MR) is 34.5 cm³/mol. The molecule has 0 bridgehead atoms. The lowest BCUT2D eigenvalue weighted by atomic mass is 10.4.